The van der Waals surface area contributed by atoms with Crippen molar-refractivity contribution in [1.29, 1.82) is 0 Å². The molecule has 0 spiro atoms. The topological polar surface area (TPSA) is 33.7 Å². The Kier molecular flexibility index (Phi) is 5.71. The Balaban J connectivity index is 1.53. The van der Waals surface area contributed by atoms with Crippen LogP contribution in [0.3, 0.4) is 0 Å². The molecule has 0 amide bonds. The molecule has 4 heteroatoms. The third-order valence-electron chi connectivity index (χ3n) is 3.83. The molecular formula is C13H26N2O2. The highest BCUT2D eigenvalue weighted by Crippen LogP contribution is 2.17. The van der Waals surface area contributed by atoms with Crippen molar-refractivity contribution in [2.45, 2.75) is 37.8 Å². The van der Waals surface area contributed by atoms with Crippen molar-refractivity contribution in [3.05, 3.63) is 0 Å². The zero-order valence-corrected chi connectivity index (χ0v) is 11.0. The van der Waals surface area contributed by atoms with Gasteiger partial charge in [0.1, 0.15) is 0 Å². The van der Waals surface area contributed by atoms with E-state index in [-0.39, 0.29) is 6.10 Å². The largest absolute Gasteiger partial charge is 0.376 e. The van der Waals surface area contributed by atoms with Crippen molar-refractivity contribution in [2.75, 3.05) is 46.5 Å². The first-order chi connectivity index (χ1) is 8.36. The number of hydrogen-bond donors (Lipinski definition) is 1. The Bertz CT molecular complexity index is 208. The van der Waals surface area contributed by atoms with Crippen LogP contribution in [-0.2, 0) is 9.47 Å². The Hall–Kier alpha value is -0.160. The van der Waals surface area contributed by atoms with Gasteiger partial charge in [-0.2, -0.15) is 0 Å². The number of hydrogen-bond acceptors (Lipinski definition) is 4. The van der Waals surface area contributed by atoms with Crippen LogP contribution in [0.15, 0.2) is 0 Å². The summed E-state index contributed by atoms with van der Waals surface area (Å²) in [5, 5.41) is 3.49. The van der Waals surface area contributed by atoms with E-state index < -0.39 is 0 Å². The molecule has 0 saturated carbocycles. The molecule has 2 saturated heterocycles. The van der Waals surface area contributed by atoms with Gasteiger partial charge in [0.25, 0.3) is 0 Å². The fraction of sp³-hybridized carbons (Fsp3) is 1.00. The number of likely N-dealkylation sites (tertiary alicyclic amines) is 1. The minimum atomic E-state index is 0.257. The molecule has 2 fully saturated rings. The van der Waals surface area contributed by atoms with Crippen LogP contribution >= 0.6 is 0 Å². The van der Waals surface area contributed by atoms with Gasteiger partial charge in [-0.1, -0.05) is 6.42 Å². The van der Waals surface area contributed by atoms with Gasteiger partial charge in [-0.15, -0.1) is 0 Å². The smallest absolute Gasteiger partial charge is 0.0933 e. The third kappa shape index (κ3) is 4.54. The maximum absolute atomic E-state index is 5.59. The number of ether oxygens (including phenoxy) is 2. The van der Waals surface area contributed by atoms with Gasteiger partial charge in [0, 0.05) is 12.6 Å². The molecule has 0 bridgehead atoms. The molecule has 0 aromatic carbocycles. The molecule has 4 nitrogen and oxygen atoms in total. The van der Waals surface area contributed by atoms with Crippen molar-refractivity contribution in [3.63, 3.8) is 0 Å². The van der Waals surface area contributed by atoms with Crippen LogP contribution in [0.4, 0.5) is 0 Å². The van der Waals surface area contributed by atoms with Crippen LogP contribution in [0, 0.1) is 0 Å². The molecule has 2 aliphatic rings. The molecule has 0 aliphatic carbocycles. The molecule has 2 rings (SSSR count). The third-order valence-corrected chi connectivity index (χ3v) is 3.83. The van der Waals surface area contributed by atoms with E-state index in [1.54, 1.807) is 0 Å². The van der Waals surface area contributed by atoms with Crippen molar-refractivity contribution in [3.8, 4) is 0 Å². The minimum absolute atomic E-state index is 0.257. The molecule has 0 aromatic heterocycles. The second kappa shape index (κ2) is 7.31. The maximum atomic E-state index is 5.59. The molecule has 2 heterocycles. The summed E-state index contributed by atoms with van der Waals surface area (Å²) in [6.45, 7) is 5.53. The van der Waals surface area contributed by atoms with Gasteiger partial charge in [0.05, 0.1) is 25.9 Å². The Labute approximate surface area is 105 Å². The van der Waals surface area contributed by atoms with E-state index in [0.29, 0.717) is 0 Å². The van der Waals surface area contributed by atoms with E-state index in [1.165, 1.54) is 32.2 Å². The Morgan fingerprint density at radius 2 is 2.24 bits per heavy atom. The molecule has 0 radical (unpaired) electrons. The number of piperidine rings is 1. The normalized spacial score (nSPS) is 31.6. The van der Waals surface area contributed by atoms with Gasteiger partial charge in [0.15, 0.2) is 0 Å². The monoisotopic (exact) mass is 242 g/mol. The second-order valence-corrected chi connectivity index (χ2v) is 5.19. The van der Waals surface area contributed by atoms with Gasteiger partial charge in [-0.05, 0) is 39.4 Å². The molecule has 2 unspecified atom stereocenters. The highest BCUT2D eigenvalue weighted by Gasteiger charge is 2.18. The first-order valence-electron chi connectivity index (χ1n) is 6.96. The first-order valence-corrected chi connectivity index (χ1v) is 6.96. The van der Waals surface area contributed by atoms with Gasteiger partial charge >= 0.3 is 0 Å². The first kappa shape index (κ1) is 13.3. The predicted octanol–water partition coefficient (Wildman–Crippen LogP) is 0.866. The number of rotatable bonds is 5. The maximum Gasteiger partial charge on any atom is 0.0933 e. The van der Waals surface area contributed by atoms with E-state index in [0.717, 1.165) is 39.0 Å². The average Bonchev–Trinajstić information content (AvgIpc) is 2.38. The Morgan fingerprint density at radius 1 is 1.29 bits per heavy atom. The van der Waals surface area contributed by atoms with Crippen LogP contribution in [0.2, 0.25) is 0 Å². The van der Waals surface area contributed by atoms with E-state index in [4.69, 9.17) is 9.47 Å². The fourth-order valence-electron chi connectivity index (χ4n) is 2.70. The molecule has 17 heavy (non-hydrogen) atoms. The average molecular weight is 242 g/mol. The van der Waals surface area contributed by atoms with Crippen LogP contribution in [0.25, 0.3) is 0 Å². The molecule has 2 aliphatic heterocycles. The summed E-state index contributed by atoms with van der Waals surface area (Å²) in [7, 11) is 2.25. The number of nitrogens with one attached hydrogen (secondary N) is 1. The summed E-state index contributed by atoms with van der Waals surface area (Å²) in [4.78, 5) is 2.51. The Morgan fingerprint density at radius 3 is 3.00 bits per heavy atom. The van der Waals surface area contributed by atoms with Crippen LogP contribution in [0.5, 0.6) is 0 Å². The summed E-state index contributed by atoms with van der Waals surface area (Å²) in [5.74, 6) is 0. The summed E-state index contributed by atoms with van der Waals surface area (Å²) in [6.07, 6.45) is 5.64. The van der Waals surface area contributed by atoms with Crippen LogP contribution in [-0.4, -0.2) is 63.5 Å². The van der Waals surface area contributed by atoms with E-state index in [9.17, 15) is 0 Å². The van der Waals surface area contributed by atoms with Gasteiger partial charge in [-0.3, -0.25) is 0 Å². The quantitative estimate of drug-likeness (QED) is 0.725. The zero-order valence-electron chi connectivity index (χ0n) is 11.0. The van der Waals surface area contributed by atoms with Gasteiger partial charge in [0.2, 0.25) is 0 Å². The highest BCUT2D eigenvalue weighted by atomic mass is 16.6. The second-order valence-electron chi connectivity index (χ2n) is 5.19. The number of nitrogens with zero attached hydrogens (tertiary/aromatic N) is 1. The molecule has 2 atom stereocenters. The SMILES string of the molecule is CN1CCCCC1CCNCC1COCCO1. The standard InChI is InChI=1S/C13H26N2O2/c1-15-7-3-2-4-12(15)5-6-14-10-13-11-16-8-9-17-13/h12-14H,2-11H2,1H3. The van der Waals surface area contributed by atoms with E-state index in [2.05, 4.69) is 17.3 Å². The van der Waals surface area contributed by atoms with Crippen molar-refractivity contribution in [2.24, 2.45) is 0 Å². The van der Waals surface area contributed by atoms with Gasteiger partial charge in [-0.25, -0.2) is 0 Å². The molecule has 0 aromatic rings. The molecule has 1 N–H and O–H groups in total. The summed E-state index contributed by atoms with van der Waals surface area (Å²) >= 11 is 0. The lowest BCUT2D eigenvalue weighted by molar-refractivity contribution is -0.0863. The van der Waals surface area contributed by atoms with Gasteiger partial charge < -0.3 is 19.7 Å². The van der Waals surface area contributed by atoms with Crippen molar-refractivity contribution in [1.82, 2.24) is 10.2 Å². The van der Waals surface area contributed by atoms with Crippen molar-refractivity contribution >= 4 is 0 Å². The lowest BCUT2D eigenvalue weighted by Gasteiger charge is -2.32. The minimum Gasteiger partial charge on any atom is -0.376 e. The van der Waals surface area contributed by atoms with Crippen LogP contribution < -0.4 is 5.32 Å². The predicted molar refractivity (Wildman–Crippen MR) is 68.3 cm³/mol. The fourth-order valence-corrected chi connectivity index (χ4v) is 2.70. The summed E-state index contributed by atoms with van der Waals surface area (Å²) in [5.41, 5.74) is 0. The lowest BCUT2D eigenvalue weighted by Crippen LogP contribution is -2.41. The molecular weight excluding hydrogens is 216 g/mol. The van der Waals surface area contributed by atoms with E-state index >= 15 is 0 Å². The lowest BCUT2D eigenvalue weighted by atomic mass is 10.0. The van der Waals surface area contributed by atoms with Crippen LogP contribution in [0.1, 0.15) is 25.7 Å². The molecule has 100 valence electrons. The zero-order chi connectivity index (χ0) is 11.9. The summed E-state index contributed by atoms with van der Waals surface area (Å²) in [6, 6.07) is 0.778. The highest BCUT2D eigenvalue weighted by molar-refractivity contribution is 4.75. The summed E-state index contributed by atoms with van der Waals surface area (Å²) < 4.78 is 11.0. The van der Waals surface area contributed by atoms with E-state index in [1.807, 2.05) is 0 Å². The van der Waals surface area contributed by atoms with Crippen molar-refractivity contribution < 1.29 is 9.47 Å².